The van der Waals surface area contributed by atoms with Crippen LogP contribution in [0.1, 0.15) is 35.1 Å². The molecule has 0 saturated heterocycles. The normalized spacial score (nSPS) is 13.9. The Morgan fingerprint density at radius 2 is 1.62 bits per heavy atom. The number of carbonyl (C=O) groups is 4. The first kappa shape index (κ1) is 30.1. The maximum absolute atomic E-state index is 13.1. The van der Waals surface area contributed by atoms with Crippen LogP contribution in [0.25, 0.3) is 0 Å². The highest BCUT2D eigenvalue weighted by Gasteiger charge is 2.45. The van der Waals surface area contributed by atoms with Gasteiger partial charge in [-0.3, -0.25) is 19.2 Å². The number of methoxy groups -OCH3 is 1. The van der Waals surface area contributed by atoms with Crippen LogP contribution in [0.5, 0.6) is 5.75 Å². The highest BCUT2D eigenvalue weighted by molar-refractivity contribution is 7.18. The number of nitrogens with one attached hydrogen (secondary N) is 3. The fourth-order valence-electron chi connectivity index (χ4n) is 3.15. The fraction of sp³-hybridized carbons (Fsp3) is 0.391. The van der Waals surface area contributed by atoms with E-state index in [0.29, 0.717) is 10.1 Å². The number of ether oxygens (including phenoxy) is 1. The predicted molar refractivity (Wildman–Crippen MR) is 129 cm³/mol. The number of benzene rings is 1. The molecule has 2 rings (SSSR count). The number of amides is 3. The molecule has 37 heavy (non-hydrogen) atoms. The van der Waals surface area contributed by atoms with Crippen LogP contribution in [0, 0.1) is 5.92 Å². The van der Waals surface area contributed by atoms with Crippen LogP contribution in [0.2, 0.25) is 4.34 Å². The maximum Gasteiger partial charge on any atom is 0.452 e. The number of halogens is 4. The van der Waals surface area contributed by atoms with Crippen molar-refractivity contribution in [2.24, 2.45) is 5.92 Å². The van der Waals surface area contributed by atoms with E-state index in [0.717, 1.165) is 11.3 Å². The number of Topliss-reactive ketones (excluding diaryl/α,β-unsaturated/α-hetero) is 1. The monoisotopic (exact) mass is 563 g/mol. The van der Waals surface area contributed by atoms with Gasteiger partial charge in [-0.1, -0.05) is 37.6 Å². The second-order valence-corrected chi connectivity index (χ2v) is 9.83. The minimum Gasteiger partial charge on any atom is -0.497 e. The molecule has 3 amide bonds. The highest BCUT2D eigenvalue weighted by Crippen LogP contribution is 2.24. The second kappa shape index (κ2) is 12.9. The van der Waals surface area contributed by atoms with E-state index in [1.165, 1.54) is 57.4 Å². The molecule has 0 saturated carbocycles. The molecule has 0 aliphatic rings. The smallest absolute Gasteiger partial charge is 0.452 e. The first-order chi connectivity index (χ1) is 17.3. The number of ketones is 1. The Hall–Kier alpha value is -3.16. The molecule has 0 bridgehead atoms. The quantitative estimate of drug-likeness (QED) is 0.332. The third-order valence-corrected chi connectivity index (χ3v) is 6.36. The summed E-state index contributed by atoms with van der Waals surface area (Å²) in [7, 11) is 1.40. The van der Waals surface area contributed by atoms with Crippen LogP contribution in [-0.2, 0) is 14.4 Å². The summed E-state index contributed by atoms with van der Waals surface area (Å²) in [6.07, 6.45) is -5.20. The topological polar surface area (TPSA) is 134 Å². The Kier molecular flexibility index (Phi) is 10.5. The van der Waals surface area contributed by atoms with Crippen LogP contribution in [-0.4, -0.2) is 60.6 Å². The fourth-order valence-corrected chi connectivity index (χ4v) is 4.09. The van der Waals surface area contributed by atoms with Crippen molar-refractivity contribution in [2.45, 2.75) is 38.1 Å². The van der Waals surface area contributed by atoms with Crippen LogP contribution >= 0.6 is 22.9 Å². The van der Waals surface area contributed by atoms with Crippen molar-refractivity contribution in [2.75, 3.05) is 13.7 Å². The van der Waals surface area contributed by atoms with Gasteiger partial charge in [0.05, 0.1) is 29.0 Å². The molecule has 3 atom stereocenters. The zero-order valence-corrected chi connectivity index (χ0v) is 21.5. The van der Waals surface area contributed by atoms with Crippen molar-refractivity contribution >= 4 is 46.4 Å². The van der Waals surface area contributed by atoms with E-state index < -0.39 is 60.3 Å². The molecule has 0 spiro atoms. The molecule has 1 aromatic carbocycles. The second-order valence-electron chi connectivity index (χ2n) is 8.12. The molecule has 0 fully saturated rings. The summed E-state index contributed by atoms with van der Waals surface area (Å²) in [6, 6.07) is 3.55. The molecule has 3 unspecified atom stereocenters. The van der Waals surface area contributed by atoms with Gasteiger partial charge in [0.2, 0.25) is 11.8 Å². The lowest BCUT2D eigenvalue weighted by molar-refractivity contribution is -0.175. The van der Waals surface area contributed by atoms with Gasteiger partial charge in [0.15, 0.2) is 0 Å². The molecule has 1 heterocycles. The number of alkyl halides is 3. The van der Waals surface area contributed by atoms with Gasteiger partial charge in [-0.05, 0) is 35.7 Å². The summed E-state index contributed by atoms with van der Waals surface area (Å²) < 4.78 is 44.6. The molecular formula is C23H25ClF3N3O6S. The molecule has 0 radical (unpaired) electrons. The van der Waals surface area contributed by atoms with Gasteiger partial charge >= 0.3 is 6.18 Å². The Morgan fingerprint density at radius 3 is 2.08 bits per heavy atom. The van der Waals surface area contributed by atoms with Crippen LogP contribution in [0.15, 0.2) is 36.4 Å². The number of hydrogen-bond acceptors (Lipinski definition) is 7. The van der Waals surface area contributed by atoms with Crippen molar-refractivity contribution in [3.8, 4) is 5.75 Å². The molecule has 1 aromatic heterocycles. The number of thiophene rings is 1. The van der Waals surface area contributed by atoms with Crippen molar-refractivity contribution in [1.82, 2.24) is 16.0 Å². The Morgan fingerprint density at radius 1 is 1.00 bits per heavy atom. The van der Waals surface area contributed by atoms with E-state index in [1.54, 1.807) is 0 Å². The number of hydrogen-bond donors (Lipinski definition) is 4. The lowest BCUT2D eigenvalue weighted by Crippen LogP contribution is -2.55. The molecule has 0 aliphatic heterocycles. The molecule has 0 aliphatic carbocycles. The summed E-state index contributed by atoms with van der Waals surface area (Å²) in [6.45, 7) is 1.79. The summed E-state index contributed by atoms with van der Waals surface area (Å²) in [5.41, 5.74) is 0.140. The zero-order chi connectivity index (χ0) is 27.9. The van der Waals surface area contributed by atoms with Gasteiger partial charge < -0.3 is 25.8 Å². The van der Waals surface area contributed by atoms with Gasteiger partial charge in [-0.25, -0.2) is 0 Å². The van der Waals surface area contributed by atoms with Crippen LogP contribution in [0.3, 0.4) is 0 Å². The van der Waals surface area contributed by atoms with E-state index in [4.69, 9.17) is 16.3 Å². The van der Waals surface area contributed by atoms with Gasteiger partial charge in [-0.2, -0.15) is 13.2 Å². The van der Waals surface area contributed by atoms with Crippen molar-refractivity contribution in [1.29, 1.82) is 0 Å². The van der Waals surface area contributed by atoms with Gasteiger partial charge in [0.1, 0.15) is 17.8 Å². The highest BCUT2D eigenvalue weighted by atomic mass is 35.5. The van der Waals surface area contributed by atoms with Crippen LogP contribution < -0.4 is 20.7 Å². The molecule has 4 N–H and O–H groups in total. The first-order valence-corrected chi connectivity index (χ1v) is 12.0. The third kappa shape index (κ3) is 8.17. The van der Waals surface area contributed by atoms with E-state index in [9.17, 15) is 37.5 Å². The SMILES string of the molecule is COc1ccc(C(NC(=O)C(CO)NC(=O)c2ccc(Cl)s2)C(=O)NC(C(=O)C(F)(F)F)C(C)C)cc1. The van der Waals surface area contributed by atoms with Crippen molar-refractivity contribution in [3.05, 3.63) is 51.2 Å². The van der Waals surface area contributed by atoms with Gasteiger partial charge in [0, 0.05) is 0 Å². The largest absolute Gasteiger partial charge is 0.497 e. The predicted octanol–water partition coefficient (Wildman–Crippen LogP) is 2.63. The van der Waals surface area contributed by atoms with Gasteiger partial charge in [0.25, 0.3) is 11.7 Å². The molecular weight excluding hydrogens is 539 g/mol. The minimum atomic E-state index is -5.20. The average Bonchev–Trinajstić information content (AvgIpc) is 3.29. The Labute approximate surface area is 219 Å². The van der Waals surface area contributed by atoms with Gasteiger partial charge in [-0.15, -0.1) is 11.3 Å². The summed E-state index contributed by atoms with van der Waals surface area (Å²) in [4.78, 5) is 50.4. The molecule has 202 valence electrons. The maximum atomic E-state index is 13.1. The number of rotatable bonds is 11. The zero-order valence-electron chi connectivity index (χ0n) is 19.9. The van der Waals surface area contributed by atoms with E-state index in [1.807, 2.05) is 0 Å². The summed E-state index contributed by atoms with van der Waals surface area (Å²) >= 11 is 6.74. The minimum absolute atomic E-state index is 0.140. The lowest BCUT2D eigenvalue weighted by Gasteiger charge is -2.27. The summed E-state index contributed by atoms with van der Waals surface area (Å²) in [5.74, 6) is -5.50. The molecule has 2 aromatic rings. The average molecular weight is 564 g/mol. The van der Waals surface area contributed by atoms with E-state index in [-0.39, 0.29) is 10.4 Å². The first-order valence-electron chi connectivity index (χ1n) is 10.8. The van der Waals surface area contributed by atoms with Crippen molar-refractivity contribution < 1.29 is 42.2 Å². The lowest BCUT2D eigenvalue weighted by atomic mass is 9.97. The van der Waals surface area contributed by atoms with E-state index in [2.05, 4.69) is 16.0 Å². The molecule has 9 nitrogen and oxygen atoms in total. The van der Waals surface area contributed by atoms with Crippen molar-refractivity contribution in [3.63, 3.8) is 0 Å². The molecule has 14 heteroatoms. The Balaban J connectivity index is 2.31. The third-order valence-electron chi connectivity index (χ3n) is 5.13. The summed E-state index contributed by atoms with van der Waals surface area (Å²) in [5, 5.41) is 16.4. The Bertz CT molecular complexity index is 1120. The van der Waals surface area contributed by atoms with E-state index >= 15 is 0 Å². The van der Waals surface area contributed by atoms with Crippen LogP contribution in [0.4, 0.5) is 13.2 Å². The standard InChI is InChI=1S/C23H25ClF3N3O6S/c1-11(2)17(19(32)23(25,26)27)29-22(35)18(12-4-6-13(36-3)7-5-12)30-20(33)14(10-31)28-21(34)15-8-9-16(24)37-15/h4-9,11,14,17-18,31H,10H2,1-3H3,(H,28,34)(H,29,35)(H,30,33). The number of carbonyl (C=O) groups excluding carboxylic acids is 4. The number of aliphatic hydroxyl groups is 1. The number of aliphatic hydroxyl groups excluding tert-OH is 1.